The molecule has 0 saturated carbocycles. The third-order valence-electron chi connectivity index (χ3n) is 5.57. The number of benzene rings is 1. The largest absolute Gasteiger partial charge is 0.462 e. The first-order chi connectivity index (χ1) is 16.2. The molecule has 0 atom stereocenters. The molecule has 0 aliphatic rings. The van der Waals surface area contributed by atoms with Gasteiger partial charge in [-0.3, -0.25) is 14.0 Å². The number of ether oxygens (including phenoxy) is 1. The van der Waals surface area contributed by atoms with Gasteiger partial charge in [-0.1, -0.05) is 23.8 Å². The van der Waals surface area contributed by atoms with Gasteiger partial charge in [0.1, 0.15) is 16.9 Å². The van der Waals surface area contributed by atoms with E-state index in [-0.39, 0.29) is 34.6 Å². The van der Waals surface area contributed by atoms with E-state index in [1.54, 1.807) is 35.9 Å². The summed E-state index contributed by atoms with van der Waals surface area (Å²) in [5, 5.41) is 0.238. The number of aromatic nitrogens is 3. The lowest BCUT2D eigenvalue weighted by Gasteiger charge is -2.18. The molecule has 0 N–H and O–H groups in total. The molecule has 0 aliphatic carbocycles. The van der Waals surface area contributed by atoms with Gasteiger partial charge in [0.25, 0.3) is 11.5 Å². The molecule has 4 rings (SSSR count). The third kappa shape index (κ3) is 4.03. The van der Waals surface area contributed by atoms with E-state index in [4.69, 9.17) is 9.72 Å². The second-order valence-corrected chi connectivity index (χ2v) is 8.39. The Morgan fingerprint density at radius 1 is 1.09 bits per heavy atom. The quantitative estimate of drug-likeness (QED) is 0.343. The van der Waals surface area contributed by atoms with Crippen LogP contribution in [0.1, 0.15) is 58.7 Å². The van der Waals surface area contributed by atoms with Crippen molar-refractivity contribution in [1.82, 2.24) is 14.0 Å². The van der Waals surface area contributed by atoms with Crippen LogP contribution in [-0.2, 0) is 4.74 Å². The van der Waals surface area contributed by atoms with Crippen molar-refractivity contribution in [3.63, 3.8) is 0 Å². The van der Waals surface area contributed by atoms with Gasteiger partial charge in [-0.2, -0.15) is 4.99 Å². The van der Waals surface area contributed by atoms with Crippen molar-refractivity contribution in [2.24, 2.45) is 4.99 Å². The van der Waals surface area contributed by atoms with Gasteiger partial charge in [0.15, 0.2) is 5.49 Å². The zero-order valence-electron chi connectivity index (χ0n) is 19.8. The Hall–Kier alpha value is -4.07. The van der Waals surface area contributed by atoms with E-state index in [9.17, 15) is 14.4 Å². The maximum absolute atomic E-state index is 13.4. The van der Waals surface area contributed by atoms with Crippen LogP contribution >= 0.6 is 0 Å². The number of pyridine rings is 2. The molecule has 1 aromatic carbocycles. The summed E-state index contributed by atoms with van der Waals surface area (Å²) in [6, 6.07) is 11.8. The number of carbonyl (C=O) groups excluding carboxylic acids is 2. The maximum atomic E-state index is 13.4. The van der Waals surface area contributed by atoms with Gasteiger partial charge in [-0.15, -0.1) is 0 Å². The molecule has 0 bridgehead atoms. The first kappa shape index (κ1) is 23.1. The lowest BCUT2D eigenvalue weighted by Crippen LogP contribution is -2.33. The van der Waals surface area contributed by atoms with Crippen LogP contribution in [0, 0.1) is 13.8 Å². The average molecular weight is 459 g/mol. The molecule has 3 aromatic heterocycles. The Morgan fingerprint density at radius 2 is 1.79 bits per heavy atom. The van der Waals surface area contributed by atoms with Crippen molar-refractivity contribution in [2.75, 3.05) is 6.61 Å². The van der Waals surface area contributed by atoms with Gasteiger partial charge >= 0.3 is 5.97 Å². The fraction of sp³-hybridized carbons (Fsp3) is 0.269. The summed E-state index contributed by atoms with van der Waals surface area (Å²) in [5.74, 6) is -1.17. The summed E-state index contributed by atoms with van der Waals surface area (Å²) < 4.78 is 8.35. The number of fused-ring (bicyclic) bond motifs is 2. The molecule has 0 radical (unpaired) electrons. The number of hydrogen-bond donors (Lipinski definition) is 0. The molecule has 4 aromatic rings. The fourth-order valence-electron chi connectivity index (χ4n) is 3.87. The second kappa shape index (κ2) is 9.05. The van der Waals surface area contributed by atoms with E-state index in [1.807, 2.05) is 45.9 Å². The van der Waals surface area contributed by atoms with Crippen molar-refractivity contribution in [3.8, 4) is 0 Å². The first-order valence-corrected chi connectivity index (χ1v) is 11.1. The van der Waals surface area contributed by atoms with Crippen LogP contribution in [0.15, 0.2) is 58.4 Å². The van der Waals surface area contributed by atoms with E-state index in [0.717, 1.165) is 11.1 Å². The number of rotatable bonds is 4. The van der Waals surface area contributed by atoms with Gasteiger partial charge in [-0.05, 0) is 64.4 Å². The number of nitrogens with zero attached hydrogens (tertiary/aromatic N) is 4. The van der Waals surface area contributed by atoms with Gasteiger partial charge in [-0.25, -0.2) is 9.78 Å². The molecule has 0 spiro atoms. The molecule has 174 valence electrons. The summed E-state index contributed by atoms with van der Waals surface area (Å²) >= 11 is 0. The van der Waals surface area contributed by atoms with Crippen LogP contribution in [-0.4, -0.2) is 32.4 Å². The van der Waals surface area contributed by atoms with Crippen LogP contribution < -0.4 is 11.0 Å². The van der Waals surface area contributed by atoms with Crippen LogP contribution in [0.25, 0.3) is 16.7 Å². The summed E-state index contributed by atoms with van der Waals surface area (Å²) in [6.07, 6.45) is 1.64. The Balaban J connectivity index is 2.16. The van der Waals surface area contributed by atoms with Crippen molar-refractivity contribution < 1.29 is 14.3 Å². The standard InChI is InChI=1S/C26H26N4O4/c1-6-34-26(33)20-14-19-22(27-21-17(5)8-7-13-29(21)25(19)32)30(15(2)3)23(20)28-24(31)18-11-9-16(4)10-12-18/h7-15H,6H2,1-5H3. The molecular weight excluding hydrogens is 432 g/mol. The second-order valence-electron chi connectivity index (χ2n) is 8.39. The zero-order valence-corrected chi connectivity index (χ0v) is 19.8. The van der Waals surface area contributed by atoms with Crippen LogP contribution in [0.2, 0.25) is 0 Å². The Morgan fingerprint density at radius 3 is 2.44 bits per heavy atom. The third-order valence-corrected chi connectivity index (χ3v) is 5.57. The lowest BCUT2D eigenvalue weighted by atomic mass is 10.1. The number of amides is 1. The van der Waals surface area contributed by atoms with Crippen LogP contribution in [0.4, 0.5) is 0 Å². The summed E-state index contributed by atoms with van der Waals surface area (Å²) in [6.45, 7) is 9.38. The smallest absolute Gasteiger partial charge is 0.341 e. The summed E-state index contributed by atoms with van der Waals surface area (Å²) in [5.41, 5.74) is 2.88. The minimum Gasteiger partial charge on any atom is -0.462 e. The highest BCUT2D eigenvalue weighted by atomic mass is 16.5. The average Bonchev–Trinajstić information content (AvgIpc) is 2.80. The number of carbonyl (C=O) groups is 2. The molecule has 1 amide bonds. The molecule has 0 saturated heterocycles. The van der Waals surface area contributed by atoms with Crippen molar-refractivity contribution in [2.45, 2.75) is 40.7 Å². The summed E-state index contributed by atoms with van der Waals surface area (Å²) in [4.78, 5) is 48.5. The van der Waals surface area contributed by atoms with Gasteiger partial charge in [0.2, 0.25) is 0 Å². The minimum absolute atomic E-state index is 0.0371. The molecule has 8 nitrogen and oxygen atoms in total. The number of hydrogen-bond acceptors (Lipinski definition) is 5. The molecule has 0 fully saturated rings. The Kier molecular flexibility index (Phi) is 6.15. The van der Waals surface area contributed by atoms with Crippen molar-refractivity contribution in [1.29, 1.82) is 0 Å². The molecule has 8 heteroatoms. The molecule has 3 heterocycles. The molecular formula is C26H26N4O4. The van der Waals surface area contributed by atoms with E-state index >= 15 is 0 Å². The van der Waals surface area contributed by atoms with Crippen molar-refractivity contribution >= 4 is 28.6 Å². The summed E-state index contributed by atoms with van der Waals surface area (Å²) in [7, 11) is 0. The predicted molar refractivity (Wildman–Crippen MR) is 129 cm³/mol. The zero-order chi connectivity index (χ0) is 24.6. The SMILES string of the molecule is CCOC(=O)c1cc2c(=O)n3cccc(C)c3nc2n(C(C)C)c1=NC(=O)c1ccc(C)cc1. The molecule has 0 unspecified atom stereocenters. The van der Waals surface area contributed by atoms with E-state index < -0.39 is 11.9 Å². The van der Waals surface area contributed by atoms with E-state index in [1.165, 1.54) is 10.5 Å². The number of esters is 1. The fourth-order valence-corrected chi connectivity index (χ4v) is 3.87. The Labute approximate surface area is 196 Å². The van der Waals surface area contributed by atoms with E-state index in [2.05, 4.69) is 4.99 Å². The van der Waals surface area contributed by atoms with Crippen LogP contribution in [0.5, 0.6) is 0 Å². The predicted octanol–water partition coefficient (Wildman–Crippen LogP) is 3.76. The lowest BCUT2D eigenvalue weighted by molar-refractivity contribution is 0.0523. The highest BCUT2D eigenvalue weighted by molar-refractivity contribution is 5.97. The highest BCUT2D eigenvalue weighted by Gasteiger charge is 2.21. The van der Waals surface area contributed by atoms with E-state index in [0.29, 0.717) is 16.9 Å². The van der Waals surface area contributed by atoms with Gasteiger partial charge in [0, 0.05) is 17.8 Å². The minimum atomic E-state index is -0.664. The van der Waals surface area contributed by atoms with Gasteiger partial charge in [0.05, 0.1) is 12.0 Å². The molecule has 0 aliphatic heterocycles. The van der Waals surface area contributed by atoms with Gasteiger partial charge < -0.3 is 9.30 Å². The molecule has 34 heavy (non-hydrogen) atoms. The van der Waals surface area contributed by atoms with Crippen LogP contribution in [0.3, 0.4) is 0 Å². The monoisotopic (exact) mass is 458 g/mol. The Bertz CT molecular complexity index is 1560. The van der Waals surface area contributed by atoms with Crippen molar-refractivity contribution in [3.05, 3.63) is 86.8 Å². The normalized spacial score (nSPS) is 12.0. The number of aryl methyl sites for hydroxylation is 2. The highest BCUT2D eigenvalue weighted by Crippen LogP contribution is 2.17. The topological polar surface area (TPSA) is 95.0 Å². The maximum Gasteiger partial charge on any atom is 0.341 e. The first-order valence-electron chi connectivity index (χ1n) is 11.1.